The van der Waals surface area contributed by atoms with Gasteiger partial charge in [-0.25, -0.2) is 4.98 Å². The van der Waals surface area contributed by atoms with Crippen LogP contribution in [0.15, 0.2) is 41.1 Å². The van der Waals surface area contributed by atoms with E-state index in [0.717, 1.165) is 33.8 Å². The SMILES string of the molecule is COc1ncc(-c2c(C)noc2C)cc1NCc1cccc(C(N)=O)c1. The average molecular weight is 352 g/mol. The van der Waals surface area contributed by atoms with Crippen LogP contribution in [-0.2, 0) is 6.54 Å². The summed E-state index contributed by atoms with van der Waals surface area (Å²) in [5.74, 6) is 0.757. The van der Waals surface area contributed by atoms with E-state index in [4.69, 9.17) is 15.0 Å². The topological polar surface area (TPSA) is 103 Å². The van der Waals surface area contributed by atoms with Gasteiger partial charge in [0.2, 0.25) is 11.8 Å². The van der Waals surface area contributed by atoms with Crippen LogP contribution in [0.1, 0.15) is 27.4 Å². The molecule has 7 nitrogen and oxygen atoms in total. The molecule has 0 bridgehead atoms. The van der Waals surface area contributed by atoms with Gasteiger partial charge < -0.3 is 20.3 Å². The molecule has 0 aliphatic heterocycles. The maximum Gasteiger partial charge on any atom is 0.248 e. The van der Waals surface area contributed by atoms with Crippen molar-refractivity contribution in [2.45, 2.75) is 20.4 Å². The van der Waals surface area contributed by atoms with Gasteiger partial charge in [0.25, 0.3) is 0 Å². The summed E-state index contributed by atoms with van der Waals surface area (Å²) in [6.07, 6.45) is 1.73. The van der Waals surface area contributed by atoms with Crippen molar-refractivity contribution in [3.63, 3.8) is 0 Å². The molecule has 0 aliphatic carbocycles. The molecule has 2 aromatic heterocycles. The summed E-state index contributed by atoms with van der Waals surface area (Å²) in [6.45, 7) is 4.24. The third-order valence-electron chi connectivity index (χ3n) is 4.06. The summed E-state index contributed by atoms with van der Waals surface area (Å²) >= 11 is 0. The van der Waals surface area contributed by atoms with E-state index in [0.29, 0.717) is 18.0 Å². The molecule has 0 spiro atoms. The Balaban J connectivity index is 1.88. The number of aromatic nitrogens is 2. The minimum absolute atomic E-state index is 0.452. The average Bonchev–Trinajstić information content (AvgIpc) is 2.98. The van der Waals surface area contributed by atoms with E-state index in [9.17, 15) is 4.79 Å². The van der Waals surface area contributed by atoms with Crippen LogP contribution in [0.2, 0.25) is 0 Å². The van der Waals surface area contributed by atoms with E-state index in [1.165, 1.54) is 0 Å². The first-order valence-corrected chi connectivity index (χ1v) is 8.09. The molecule has 0 fully saturated rings. The quantitative estimate of drug-likeness (QED) is 0.707. The highest BCUT2D eigenvalue weighted by atomic mass is 16.5. The first kappa shape index (κ1) is 17.5. The first-order valence-electron chi connectivity index (χ1n) is 8.09. The second kappa shape index (κ2) is 7.26. The highest BCUT2D eigenvalue weighted by Gasteiger charge is 2.15. The lowest BCUT2D eigenvalue weighted by atomic mass is 10.1. The second-order valence-electron chi connectivity index (χ2n) is 5.90. The molecule has 0 saturated heterocycles. The summed E-state index contributed by atoms with van der Waals surface area (Å²) in [5.41, 5.74) is 10.1. The van der Waals surface area contributed by atoms with E-state index < -0.39 is 5.91 Å². The number of nitrogens with one attached hydrogen (secondary N) is 1. The summed E-state index contributed by atoms with van der Waals surface area (Å²) in [7, 11) is 1.57. The fourth-order valence-electron chi connectivity index (χ4n) is 2.81. The third kappa shape index (κ3) is 3.51. The highest BCUT2D eigenvalue weighted by molar-refractivity contribution is 5.92. The maximum atomic E-state index is 11.3. The van der Waals surface area contributed by atoms with Crippen molar-refractivity contribution in [2.75, 3.05) is 12.4 Å². The molecule has 2 heterocycles. The number of ether oxygens (including phenoxy) is 1. The molecule has 3 rings (SSSR count). The van der Waals surface area contributed by atoms with Gasteiger partial charge in [0.15, 0.2) is 0 Å². The molecule has 0 saturated carbocycles. The maximum absolute atomic E-state index is 11.3. The first-order chi connectivity index (χ1) is 12.5. The lowest BCUT2D eigenvalue weighted by Crippen LogP contribution is -2.11. The number of nitrogens with two attached hydrogens (primary N) is 1. The van der Waals surface area contributed by atoms with E-state index in [-0.39, 0.29) is 0 Å². The largest absolute Gasteiger partial charge is 0.480 e. The number of anilines is 1. The van der Waals surface area contributed by atoms with Gasteiger partial charge in [-0.2, -0.15) is 0 Å². The van der Waals surface area contributed by atoms with Crippen LogP contribution in [0, 0.1) is 13.8 Å². The minimum atomic E-state index is -0.452. The number of rotatable bonds is 6. The highest BCUT2D eigenvalue weighted by Crippen LogP contribution is 2.32. The fourth-order valence-corrected chi connectivity index (χ4v) is 2.81. The number of carbonyl (C=O) groups excluding carboxylic acids is 1. The van der Waals surface area contributed by atoms with Crippen LogP contribution in [0.3, 0.4) is 0 Å². The van der Waals surface area contributed by atoms with Crippen molar-refractivity contribution >= 4 is 11.6 Å². The zero-order valence-corrected chi connectivity index (χ0v) is 14.9. The Hall–Kier alpha value is -3.35. The van der Waals surface area contributed by atoms with Crippen molar-refractivity contribution in [1.82, 2.24) is 10.1 Å². The molecule has 7 heteroatoms. The molecule has 0 unspecified atom stereocenters. The second-order valence-corrected chi connectivity index (χ2v) is 5.90. The standard InChI is InChI=1S/C19H20N4O3/c1-11-17(12(2)26-23-11)15-8-16(19(25-3)22-10-15)21-9-13-5-4-6-14(7-13)18(20)24/h4-8,10,21H,9H2,1-3H3,(H2,20,24). The van der Waals surface area contributed by atoms with Crippen molar-refractivity contribution in [2.24, 2.45) is 5.73 Å². The van der Waals surface area contributed by atoms with Crippen LogP contribution in [0.5, 0.6) is 5.88 Å². The monoisotopic (exact) mass is 352 g/mol. The van der Waals surface area contributed by atoms with Crippen LogP contribution in [-0.4, -0.2) is 23.2 Å². The molecular weight excluding hydrogens is 332 g/mol. The summed E-state index contributed by atoms with van der Waals surface area (Å²) in [5, 5.41) is 7.28. The van der Waals surface area contributed by atoms with E-state index in [1.807, 2.05) is 26.0 Å². The third-order valence-corrected chi connectivity index (χ3v) is 4.06. The number of primary amides is 1. The Bertz CT molecular complexity index is 930. The zero-order chi connectivity index (χ0) is 18.7. The Labute approximate surface area is 151 Å². The fraction of sp³-hybridized carbons (Fsp3) is 0.211. The van der Waals surface area contributed by atoms with Gasteiger partial charge in [0.05, 0.1) is 18.5 Å². The van der Waals surface area contributed by atoms with Crippen molar-refractivity contribution < 1.29 is 14.1 Å². The molecule has 0 atom stereocenters. The number of pyridine rings is 1. The molecule has 1 aromatic carbocycles. The van der Waals surface area contributed by atoms with Crippen LogP contribution < -0.4 is 15.8 Å². The van der Waals surface area contributed by atoms with Gasteiger partial charge in [0, 0.05) is 29.4 Å². The van der Waals surface area contributed by atoms with Gasteiger partial charge in [-0.15, -0.1) is 0 Å². The van der Waals surface area contributed by atoms with Crippen molar-refractivity contribution in [3.8, 4) is 17.0 Å². The van der Waals surface area contributed by atoms with Gasteiger partial charge >= 0.3 is 0 Å². The number of carbonyl (C=O) groups is 1. The van der Waals surface area contributed by atoms with Crippen molar-refractivity contribution in [3.05, 3.63) is 59.1 Å². The van der Waals surface area contributed by atoms with Crippen LogP contribution >= 0.6 is 0 Å². The van der Waals surface area contributed by atoms with Gasteiger partial charge in [-0.1, -0.05) is 17.3 Å². The van der Waals surface area contributed by atoms with E-state index in [1.54, 1.807) is 31.5 Å². The normalized spacial score (nSPS) is 10.6. The molecular formula is C19H20N4O3. The molecule has 26 heavy (non-hydrogen) atoms. The zero-order valence-electron chi connectivity index (χ0n) is 14.9. The predicted molar refractivity (Wildman–Crippen MR) is 98.0 cm³/mol. The Morgan fingerprint density at radius 2 is 2.12 bits per heavy atom. The summed E-state index contributed by atoms with van der Waals surface area (Å²) in [4.78, 5) is 15.7. The lowest BCUT2D eigenvalue weighted by Gasteiger charge is -2.12. The summed E-state index contributed by atoms with van der Waals surface area (Å²) < 4.78 is 10.6. The Morgan fingerprint density at radius 1 is 1.31 bits per heavy atom. The van der Waals surface area contributed by atoms with Gasteiger partial charge in [0.1, 0.15) is 5.76 Å². The lowest BCUT2D eigenvalue weighted by molar-refractivity contribution is 0.1000. The smallest absolute Gasteiger partial charge is 0.248 e. The predicted octanol–water partition coefficient (Wildman–Crippen LogP) is 3.07. The molecule has 134 valence electrons. The number of amides is 1. The van der Waals surface area contributed by atoms with Gasteiger partial charge in [-0.05, 0) is 37.6 Å². The Morgan fingerprint density at radius 3 is 2.77 bits per heavy atom. The van der Waals surface area contributed by atoms with E-state index in [2.05, 4.69) is 15.5 Å². The molecule has 0 radical (unpaired) electrons. The summed E-state index contributed by atoms with van der Waals surface area (Å²) in [6, 6.07) is 9.10. The molecule has 3 N–H and O–H groups in total. The molecule has 3 aromatic rings. The number of hydrogen-bond donors (Lipinski definition) is 2. The number of benzene rings is 1. The van der Waals surface area contributed by atoms with Crippen LogP contribution in [0.25, 0.3) is 11.1 Å². The Kier molecular flexibility index (Phi) is 4.88. The number of hydrogen-bond acceptors (Lipinski definition) is 6. The molecule has 0 aliphatic rings. The molecule has 1 amide bonds. The van der Waals surface area contributed by atoms with Crippen LogP contribution in [0.4, 0.5) is 5.69 Å². The van der Waals surface area contributed by atoms with Crippen molar-refractivity contribution in [1.29, 1.82) is 0 Å². The number of aryl methyl sites for hydroxylation is 2. The number of nitrogens with zero attached hydrogens (tertiary/aromatic N) is 2. The number of methoxy groups -OCH3 is 1. The van der Waals surface area contributed by atoms with Gasteiger partial charge in [-0.3, -0.25) is 4.79 Å². The van der Waals surface area contributed by atoms with E-state index >= 15 is 0 Å². The minimum Gasteiger partial charge on any atom is -0.480 e.